The first kappa shape index (κ1) is 11.4. The monoisotopic (exact) mass is 242 g/mol. The lowest BCUT2D eigenvalue weighted by Crippen LogP contribution is -2.26. The molecule has 0 N–H and O–H groups in total. The first-order valence-corrected chi connectivity index (χ1v) is 6.27. The molecule has 1 saturated heterocycles. The van der Waals surface area contributed by atoms with Gasteiger partial charge >= 0.3 is 0 Å². The van der Waals surface area contributed by atoms with Gasteiger partial charge in [-0.15, -0.1) is 0 Å². The molecular weight excluding hydrogens is 227 g/mol. The zero-order valence-corrected chi connectivity index (χ0v) is 10.1. The average molecular weight is 242 g/mol. The fraction of sp³-hybridized carbons (Fsp3) is 0.250. The van der Waals surface area contributed by atoms with Crippen molar-refractivity contribution in [2.24, 2.45) is 0 Å². The van der Waals surface area contributed by atoms with E-state index >= 15 is 0 Å². The molecule has 2 heteroatoms. The lowest BCUT2D eigenvalue weighted by Gasteiger charge is -2.29. The zero-order chi connectivity index (χ0) is 12.4. The second-order valence-electron chi connectivity index (χ2n) is 4.65. The summed E-state index contributed by atoms with van der Waals surface area (Å²) in [5.74, 6) is -0.208. The number of halogens is 1. The third-order valence-electron chi connectivity index (χ3n) is 3.57. The second kappa shape index (κ2) is 4.54. The first-order chi connectivity index (χ1) is 8.81. The van der Waals surface area contributed by atoms with Crippen LogP contribution in [-0.2, 0) is 10.3 Å². The summed E-state index contributed by atoms with van der Waals surface area (Å²) in [6.45, 7) is 0.756. The number of ether oxygens (including phenoxy) is 1. The van der Waals surface area contributed by atoms with Crippen molar-refractivity contribution < 1.29 is 9.13 Å². The van der Waals surface area contributed by atoms with Gasteiger partial charge in [0.15, 0.2) is 0 Å². The maximum absolute atomic E-state index is 13.1. The Hall–Kier alpha value is -1.67. The summed E-state index contributed by atoms with van der Waals surface area (Å²) >= 11 is 0. The van der Waals surface area contributed by atoms with Crippen LogP contribution in [0.5, 0.6) is 0 Å². The number of rotatable bonds is 2. The molecule has 1 heterocycles. The molecule has 0 spiro atoms. The van der Waals surface area contributed by atoms with Gasteiger partial charge in [0.05, 0.1) is 0 Å². The van der Waals surface area contributed by atoms with E-state index in [1.807, 2.05) is 30.3 Å². The number of benzene rings is 2. The van der Waals surface area contributed by atoms with Gasteiger partial charge in [-0.1, -0.05) is 42.5 Å². The van der Waals surface area contributed by atoms with E-state index in [-0.39, 0.29) is 5.82 Å². The molecule has 1 unspecified atom stereocenters. The second-order valence-corrected chi connectivity index (χ2v) is 4.65. The van der Waals surface area contributed by atoms with E-state index in [1.54, 1.807) is 0 Å². The third kappa shape index (κ3) is 1.83. The van der Waals surface area contributed by atoms with Gasteiger partial charge in [0.2, 0.25) is 0 Å². The summed E-state index contributed by atoms with van der Waals surface area (Å²) in [4.78, 5) is 0. The summed E-state index contributed by atoms with van der Waals surface area (Å²) in [5.41, 5.74) is 1.79. The number of hydrogen-bond donors (Lipinski definition) is 0. The average Bonchev–Trinajstić information content (AvgIpc) is 2.91. The largest absolute Gasteiger partial charge is 0.366 e. The molecule has 0 aromatic heterocycles. The Labute approximate surface area is 106 Å². The van der Waals surface area contributed by atoms with Crippen LogP contribution in [-0.4, -0.2) is 6.61 Å². The Morgan fingerprint density at radius 3 is 2.17 bits per heavy atom. The van der Waals surface area contributed by atoms with E-state index in [2.05, 4.69) is 12.1 Å². The van der Waals surface area contributed by atoms with Gasteiger partial charge in [0, 0.05) is 6.61 Å². The smallest absolute Gasteiger partial charge is 0.123 e. The highest BCUT2D eigenvalue weighted by molar-refractivity contribution is 5.37. The Morgan fingerprint density at radius 1 is 0.889 bits per heavy atom. The van der Waals surface area contributed by atoms with E-state index < -0.39 is 5.60 Å². The summed E-state index contributed by atoms with van der Waals surface area (Å²) in [6.07, 6.45) is 1.98. The van der Waals surface area contributed by atoms with Gasteiger partial charge in [-0.2, -0.15) is 0 Å². The Bertz CT molecular complexity index is 513. The predicted octanol–water partition coefficient (Wildman–Crippen LogP) is 3.88. The molecule has 92 valence electrons. The fourth-order valence-electron chi connectivity index (χ4n) is 2.69. The summed E-state index contributed by atoms with van der Waals surface area (Å²) in [6, 6.07) is 16.8. The summed E-state index contributed by atoms with van der Waals surface area (Å²) < 4.78 is 19.1. The zero-order valence-electron chi connectivity index (χ0n) is 10.1. The van der Waals surface area contributed by atoms with Crippen LogP contribution in [0, 0.1) is 5.82 Å². The number of hydrogen-bond acceptors (Lipinski definition) is 1. The Morgan fingerprint density at radius 2 is 1.56 bits per heavy atom. The Kier molecular flexibility index (Phi) is 2.88. The molecule has 0 bridgehead atoms. The SMILES string of the molecule is Fc1ccc(C2(c3ccccc3)CCCO2)cc1. The molecule has 1 nitrogen and oxygen atoms in total. The van der Waals surface area contributed by atoms with Gasteiger partial charge in [-0.05, 0) is 36.1 Å². The lowest BCUT2D eigenvalue weighted by molar-refractivity contribution is 0.0359. The molecule has 1 atom stereocenters. The van der Waals surface area contributed by atoms with Crippen molar-refractivity contribution in [2.45, 2.75) is 18.4 Å². The first-order valence-electron chi connectivity index (χ1n) is 6.27. The standard InChI is InChI=1S/C16H15FO/c17-15-9-7-14(8-10-15)16(11-4-12-18-16)13-5-2-1-3-6-13/h1-3,5-10H,4,11-12H2. The molecule has 0 amide bonds. The van der Waals surface area contributed by atoms with Crippen LogP contribution in [0.3, 0.4) is 0 Å². The van der Waals surface area contributed by atoms with Crippen LogP contribution in [0.1, 0.15) is 24.0 Å². The van der Waals surface area contributed by atoms with Crippen LogP contribution in [0.25, 0.3) is 0 Å². The molecule has 2 aromatic carbocycles. The molecule has 2 aromatic rings. The molecule has 18 heavy (non-hydrogen) atoms. The molecule has 1 aliphatic heterocycles. The maximum Gasteiger partial charge on any atom is 0.123 e. The van der Waals surface area contributed by atoms with Gasteiger partial charge in [0.1, 0.15) is 11.4 Å². The molecule has 0 saturated carbocycles. The van der Waals surface area contributed by atoms with E-state index in [1.165, 1.54) is 12.1 Å². The topological polar surface area (TPSA) is 9.23 Å². The van der Waals surface area contributed by atoms with E-state index in [9.17, 15) is 4.39 Å². The minimum Gasteiger partial charge on any atom is -0.366 e. The van der Waals surface area contributed by atoms with Crippen molar-refractivity contribution in [3.05, 3.63) is 71.5 Å². The van der Waals surface area contributed by atoms with E-state index in [0.717, 1.165) is 30.6 Å². The molecule has 3 rings (SSSR count). The van der Waals surface area contributed by atoms with Gasteiger partial charge in [-0.3, -0.25) is 0 Å². The van der Waals surface area contributed by atoms with Crippen LogP contribution in [0.2, 0.25) is 0 Å². The highest BCUT2D eigenvalue weighted by Gasteiger charge is 2.38. The third-order valence-corrected chi connectivity index (χ3v) is 3.57. The molecule has 0 radical (unpaired) electrons. The fourth-order valence-corrected chi connectivity index (χ4v) is 2.69. The van der Waals surface area contributed by atoms with Crippen LogP contribution < -0.4 is 0 Å². The van der Waals surface area contributed by atoms with E-state index in [0.29, 0.717) is 0 Å². The van der Waals surface area contributed by atoms with Crippen molar-refractivity contribution in [3.63, 3.8) is 0 Å². The molecule has 1 fully saturated rings. The van der Waals surface area contributed by atoms with Gasteiger partial charge in [0.25, 0.3) is 0 Å². The van der Waals surface area contributed by atoms with Gasteiger partial charge < -0.3 is 4.74 Å². The predicted molar refractivity (Wildman–Crippen MR) is 68.8 cm³/mol. The quantitative estimate of drug-likeness (QED) is 0.776. The molecule has 1 aliphatic rings. The molecule has 0 aliphatic carbocycles. The van der Waals surface area contributed by atoms with Crippen molar-refractivity contribution >= 4 is 0 Å². The Balaban J connectivity index is 2.10. The minimum absolute atomic E-state index is 0.208. The van der Waals surface area contributed by atoms with Crippen LogP contribution in [0.4, 0.5) is 4.39 Å². The molecular formula is C16H15FO. The van der Waals surface area contributed by atoms with Crippen molar-refractivity contribution in [2.75, 3.05) is 6.61 Å². The van der Waals surface area contributed by atoms with E-state index in [4.69, 9.17) is 4.74 Å². The normalized spacial score (nSPS) is 23.2. The van der Waals surface area contributed by atoms with Crippen molar-refractivity contribution in [3.8, 4) is 0 Å². The van der Waals surface area contributed by atoms with Crippen molar-refractivity contribution in [1.29, 1.82) is 0 Å². The van der Waals surface area contributed by atoms with Crippen molar-refractivity contribution in [1.82, 2.24) is 0 Å². The van der Waals surface area contributed by atoms with Gasteiger partial charge in [-0.25, -0.2) is 4.39 Å². The van der Waals surface area contributed by atoms with Crippen LogP contribution >= 0.6 is 0 Å². The summed E-state index contributed by atoms with van der Waals surface area (Å²) in [5, 5.41) is 0. The summed E-state index contributed by atoms with van der Waals surface area (Å²) in [7, 11) is 0. The lowest BCUT2D eigenvalue weighted by atomic mass is 9.84. The highest BCUT2D eigenvalue weighted by Crippen LogP contribution is 2.42. The van der Waals surface area contributed by atoms with Crippen LogP contribution in [0.15, 0.2) is 54.6 Å². The minimum atomic E-state index is -0.394. The maximum atomic E-state index is 13.1. The highest BCUT2D eigenvalue weighted by atomic mass is 19.1.